The van der Waals surface area contributed by atoms with E-state index >= 15 is 0 Å². The Hall–Kier alpha value is -1.76. The summed E-state index contributed by atoms with van der Waals surface area (Å²) in [5, 5.41) is 3.09. The summed E-state index contributed by atoms with van der Waals surface area (Å²) in [6, 6.07) is 17.8. The monoisotopic (exact) mass is 425 g/mol. The van der Waals surface area contributed by atoms with Crippen LogP contribution in [0.15, 0.2) is 59.6 Å². The van der Waals surface area contributed by atoms with E-state index in [2.05, 4.69) is 36.3 Å². The van der Waals surface area contributed by atoms with Gasteiger partial charge in [-0.3, -0.25) is 4.99 Å². The lowest BCUT2D eigenvalue weighted by Crippen LogP contribution is -2.27. The molecule has 0 radical (unpaired) electrons. The average molecular weight is 425 g/mol. The Balaban J connectivity index is 0.00000264. The highest BCUT2D eigenvalue weighted by atomic mass is 127. The quantitative estimate of drug-likeness (QED) is 0.432. The van der Waals surface area contributed by atoms with Crippen molar-refractivity contribution in [2.45, 2.75) is 19.3 Å². The Kier molecular flexibility index (Phi) is 7.35. The molecule has 0 aliphatic heterocycles. The fourth-order valence-corrected chi connectivity index (χ4v) is 2.13. The molecule has 0 aromatic heterocycles. The molecule has 2 aromatic carbocycles. The molecule has 2 aromatic rings. The third-order valence-corrected chi connectivity index (χ3v) is 3.56. The summed E-state index contributed by atoms with van der Waals surface area (Å²) in [5.41, 5.74) is 7.99. The average Bonchev–Trinajstić information content (AvgIpc) is 2.54. The van der Waals surface area contributed by atoms with Crippen molar-refractivity contribution in [3.8, 4) is 5.75 Å². The lowest BCUT2D eigenvalue weighted by atomic mass is 9.85. The molecule has 0 fully saturated rings. The number of anilines is 1. The van der Waals surface area contributed by atoms with Gasteiger partial charge in [-0.1, -0.05) is 44.2 Å². The Morgan fingerprint density at radius 1 is 1.09 bits per heavy atom. The van der Waals surface area contributed by atoms with E-state index in [0.29, 0.717) is 12.5 Å². The van der Waals surface area contributed by atoms with E-state index in [1.165, 1.54) is 5.56 Å². The van der Waals surface area contributed by atoms with Crippen LogP contribution in [0.1, 0.15) is 19.4 Å². The molecule has 0 aliphatic rings. The highest BCUT2D eigenvalue weighted by molar-refractivity contribution is 14.0. The zero-order chi connectivity index (χ0) is 16.0. The van der Waals surface area contributed by atoms with Gasteiger partial charge in [0, 0.05) is 11.1 Å². The number of nitrogens with zero attached hydrogens (tertiary/aromatic N) is 1. The van der Waals surface area contributed by atoms with Crippen LogP contribution >= 0.6 is 24.0 Å². The highest BCUT2D eigenvalue weighted by Crippen LogP contribution is 2.25. The molecular weight excluding hydrogens is 401 g/mol. The minimum Gasteiger partial charge on any atom is -0.497 e. The van der Waals surface area contributed by atoms with Crippen LogP contribution in [0.25, 0.3) is 0 Å². The maximum absolute atomic E-state index is 5.96. The Labute approximate surface area is 155 Å². The van der Waals surface area contributed by atoms with Gasteiger partial charge < -0.3 is 15.8 Å². The summed E-state index contributed by atoms with van der Waals surface area (Å²) >= 11 is 0. The summed E-state index contributed by atoms with van der Waals surface area (Å²) < 4.78 is 5.19. The molecule has 3 N–H and O–H groups in total. The topological polar surface area (TPSA) is 59.6 Å². The Morgan fingerprint density at radius 3 is 2.26 bits per heavy atom. The lowest BCUT2D eigenvalue weighted by molar-refractivity contribution is 0.414. The number of aliphatic imine (C=N–C) groups is 1. The second-order valence-corrected chi connectivity index (χ2v) is 5.80. The smallest absolute Gasteiger partial charge is 0.193 e. The zero-order valence-electron chi connectivity index (χ0n) is 13.7. The first-order chi connectivity index (χ1) is 10.5. The molecule has 23 heavy (non-hydrogen) atoms. The van der Waals surface area contributed by atoms with Crippen molar-refractivity contribution in [2.75, 3.05) is 19.0 Å². The van der Waals surface area contributed by atoms with Crippen molar-refractivity contribution in [1.29, 1.82) is 0 Å². The predicted molar refractivity (Wildman–Crippen MR) is 108 cm³/mol. The number of nitrogens with one attached hydrogen (secondary N) is 1. The first kappa shape index (κ1) is 19.3. The zero-order valence-corrected chi connectivity index (χ0v) is 16.1. The maximum atomic E-state index is 5.96. The largest absolute Gasteiger partial charge is 0.497 e. The summed E-state index contributed by atoms with van der Waals surface area (Å²) in [6.45, 7) is 4.90. The number of para-hydroxylation sites is 1. The minimum atomic E-state index is -0.102. The number of hydrogen-bond donors (Lipinski definition) is 2. The molecule has 5 heteroatoms. The van der Waals surface area contributed by atoms with Crippen LogP contribution in [-0.4, -0.2) is 19.6 Å². The van der Waals surface area contributed by atoms with E-state index in [0.717, 1.165) is 11.4 Å². The van der Waals surface area contributed by atoms with Crippen molar-refractivity contribution in [3.05, 3.63) is 60.2 Å². The van der Waals surface area contributed by atoms with Gasteiger partial charge >= 0.3 is 0 Å². The number of nitrogens with two attached hydrogens (primary N) is 1. The van der Waals surface area contributed by atoms with Crippen LogP contribution in [0.3, 0.4) is 0 Å². The summed E-state index contributed by atoms with van der Waals surface area (Å²) in [6.07, 6.45) is 0. The second kappa shape index (κ2) is 8.76. The fraction of sp³-hybridized carbons (Fsp3) is 0.278. The van der Waals surface area contributed by atoms with Gasteiger partial charge in [-0.2, -0.15) is 0 Å². The highest BCUT2D eigenvalue weighted by Gasteiger charge is 2.20. The van der Waals surface area contributed by atoms with Crippen LogP contribution in [0.4, 0.5) is 5.69 Å². The predicted octanol–water partition coefficient (Wildman–Crippen LogP) is 4.02. The number of methoxy groups -OCH3 is 1. The number of hydrogen-bond acceptors (Lipinski definition) is 2. The normalized spacial score (nSPS) is 11.5. The number of guanidine groups is 1. The van der Waals surface area contributed by atoms with E-state index in [-0.39, 0.29) is 29.4 Å². The van der Waals surface area contributed by atoms with Crippen LogP contribution in [0.2, 0.25) is 0 Å². The van der Waals surface area contributed by atoms with Crippen LogP contribution in [0, 0.1) is 0 Å². The van der Waals surface area contributed by atoms with E-state index in [1.54, 1.807) is 7.11 Å². The van der Waals surface area contributed by atoms with Crippen molar-refractivity contribution >= 4 is 35.6 Å². The molecule has 0 saturated heterocycles. The molecule has 0 amide bonds. The van der Waals surface area contributed by atoms with Gasteiger partial charge in [0.05, 0.1) is 13.7 Å². The molecule has 0 spiro atoms. The van der Waals surface area contributed by atoms with E-state index in [4.69, 9.17) is 10.5 Å². The summed E-state index contributed by atoms with van der Waals surface area (Å²) in [4.78, 5) is 4.46. The van der Waals surface area contributed by atoms with Gasteiger partial charge in [0.25, 0.3) is 0 Å². The van der Waals surface area contributed by atoms with E-state index in [1.807, 2.05) is 42.5 Å². The molecule has 0 atom stereocenters. The third-order valence-electron chi connectivity index (χ3n) is 3.56. The molecule has 0 bridgehead atoms. The molecule has 124 valence electrons. The van der Waals surface area contributed by atoms with Gasteiger partial charge in [0.15, 0.2) is 5.96 Å². The van der Waals surface area contributed by atoms with Crippen molar-refractivity contribution < 1.29 is 4.74 Å². The number of benzene rings is 2. The van der Waals surface area contributed by atoms with Gasteiger partial charge in [-0.05, 0) is 29.8 Å². The van der Waals surface area contributed by atoms with Crippen molar-refractivity contribution in [2.24, 2.45) is 10.7 Å². The standard InChI is InChI=1S/C18H23N3O.HI/c1-18(2,14-9-11-16(22-3)12-10-14)13-20-17(19)21-15-7-5-4-6-8-15;/h4-12H,13H2,1-3H3,(H3,19,20,21);1H. The molecule has 4 nitrogen and oxygen atoms in total. The lowest BCUT2D eigenvalue weighted by Gasteiger charge is -2.23. The van der Waals surface area contributed by atoms with Gasteiger partial charge in [0.2, 0.25) is 0 Å². The van der Waals surface area contributed by atoms with Crippen molar-refractivity contribution in [3.63, 3.8) is 0 Å². The molecule has 0 saturated carbocycles. The van der Waals surface area contributed by atoms with Crippen LogP contribution in [0.5, 0.6) is 5.75 Å². The first-order valence-corrected chi connectivity index (χ1v) is 7.28. The van der Waals surface area contributed by atoms with Crippen molar-refractivity contribution in [1.82, 2.24) is 0 Å². The van der Waals surface area contributed by atoms with Gasteiger partial charge in [0.1, 0.15) is 5.75 Å². The maximum Gasteiger partial charge on any atom is 0.193 e. The molecule has 2 rings (SSSR count). The van der Waals surface area contributed by atoms with Gasteiger partial charge in [-0.25, -0.2) is 0 Å². The molecule has 0 unspecified atom stereocenters. The second-order valence-electron chi connectivity index (χ2n) is 5.80. The Bertz CT molecular complexity index is 624. The van der Waals surface area contributed by atoms with Crippen LogP contribution in [-0.2, 0) is 5.41 Å². The minimum absolute atomic E-state index is 0. The number of rotatable bonds is 5. The summed E-state index contributed by atoms with van der Waals surface area (Å²) in [7, 11) is 1.67. The molecular formula is C18H24IN3O. The van der Waals surface area contributed by atoms with E-state index < -0.39 is 0 Å². The third kappa shape index (κ3) is 5.74. The molecule has 0 aliphatic carbocycles. The molecule has 0 heterocycles. The SMILES string of the molecule is COc1ccc(C(C)(C)CN=C(N)Nc2ccccc2)cc1.I. The fourth-order valence-electron chi connectivity index (χ4n) is 2.13. The Morgan fingerprint density at radius 2 is 1.70 bits per heavy atom. The first-order valence-electron chi connectivity index (χ1n) is 7.28. The summed E-state index contributed by atoms with van der Waals surface area (Å²) in [5.74, 6) is 1.28. The number of halogens is 1. The van der Waals surface area contributed by atoms with E-state index in [9.17, 15) is 0 Å². The number of ether oxygens (including phenoxy) is 1. The van der Waals surface area contributed by atoms with Gasteiger partial charge in [-0.15, -0.1) is 24.0 Å². The van der Waals surface area contributed by atoms with Crippen LogP contribution < -0.4 is 15.8 Å².